The molecule has 0 saturated carbocycles. The van der Waals surface area contributed by atoms with Gasteiger partial charge in [0.05, 0.1) is 6.61 Å². The van der Waals surface area contributed by atoms with Crippen molar-refractivity contribution in [2.45, 2.75) is 32.1 Å². The number of anilines is 3. The Labute approximate surface area is 189 Å². The fraction of sp³-hybridized carbons (Fsp3) is 0.320. The Morgan fingerprint density at radius 1 is 1.17 bits per heavy atom. The third kappa shape index (κ3) is 4.97. The van der Waals surface area contributed by atoms with Crippen molar-refractivity contribution in [3.05, 3.63) is 78.1 Å². The van der Waals surface area contributed by atoms with Crippen molar-refractivity contribution in [1.82, 2.24) is 4.98 Å². The van der Waals surface area contributed by atoms with E-state index in [4.69, 9.17) is 4.74 Å². The van der Waals surface area contributed by atoms with Crippen molar-refractivity contribution < 1.29 is 21.5 Å². The molecule has 0 aliphatic carbocycles. The van der Waals surface area contributed by atoms with E-state index in [0.29, 0.717) is 11.8 Å². The van der Waals surface area contributed by atoms with Crippen molar-refractivity contribution in [3.63, 3.8) is 0 Å². The summed E-state index contributed by atoms with van der Waals surface area (Å²) in [7, 11) is 2.10. The molecule has 5 heteroatoms. The summed E-state index contributed by atoms with van der Waals surface area (Å²) in [6.07, 6.45) is 4.55. The van der Waals surface area contributed by atoms with E-state index >= 15 is 0 Å². The van der Waals surface area contributed by atoms with Crippen molar-refractivity contribution >= 4 is 17.1 Å². The Hall–Kier alpha value is -2.50. The SMILES string of the molecule is CC(C)c1ccc(N(C)c2ccc3c(c2)OCC[C@H]3CNc2[c-]ccnc2)cc1.[Co]. The van der Waals surface area contributed by atoms with Crippen LogP contribution in [0.3, 0.4) is 0 Å². The van der Waals surface area contributed by atoms with Crippen LogP contribution in [0.4, 0.5) is 17.1 Å². The first-order chi connectivity index (χ1) is 14.1. The Balaban J connectivity index is 0.00000256. The minimum Gasteiger partial charge on any atom is -0.493 e. The summed E-state index contributed by atoms with van der Waals surface area (Å²) in [6.45, 7) is 6.03. The molecular formula is C25H28CoN3O-. The zero-order valence-electron chi connectivity index (χ0n) is 17.7. The average Bonchev–Trinajstić information content (AvgIpc) is 2.77. The fourth-order valence-electron chi connectivity index (χ4n) is 3.76. The number of rotatable bonds is 6. The maximum Gasteiger partial charge on any atom is 0.124 e. The van der Waals surface area contributed by atoms with E-state index in [-0.39, 0.29) is 16.8 Å². The van der Waals surface area contributed by atoms with E-state index < -0.39 is 0 Å². The predicted octanol–water partition coefficient (Wildman–Crippen LogP) is 5.75. The van der Waals surface area contributed by atoms with Crippen LogP contribution < -0.4 is 15.0 Å². The van der Waals surface area contributed by atoms with Gasteiger partial charge in [0.25, 0.3) is 0 Å². The molecule has 1 N–H and O–H groups in total. The van der Waals surface area contributed by atoms with E-state index in [0.717, 1.165) is 36.7 Å². The Morgan fingerprint density at radius 2 is 1.93 bits per heavy atom. The largest absolute Gasteiger partial charge is 0.493 e. The molecule has 1 aliphatic heterocycles. The van der Waals surface area contributed by atoms with E-state index in [1.54, 1.807) is 6.20 Å². The van der Waals surface area contributed by atoms with Crippen LogP contribution in [0, 0.1) is 6.07 Å². The van der Waals surface area contributed by atoms with Gasteiger partial charge in [0.2, 0.25) is 0 Å². The summed E-state index contributed by atoms with van der Waals surface area (Å²) in [6, 6.07) is 20.4. The predicted molar refractivity (Wildman–Crippen MR) is 119 cm³/mol. The van der Waals surface area contributed by atoms with Gasteiger partial charge in [0.1, 0.15) is 5.75 Å². The first-order valence-electron chi connectivity index (χ1n) is 10.3. The molecular weight excluding hydrogens is 417 g/mol. The second kappa shape index (κ2) is 10.0. The molecule has 1 atom stereocenters. The van der Waals surface area contributed by atoms with Crippen LogP contribution >= 0.6 is 0 Å². The van der Waals surface area contributed by atoms with Crippen molar-refractivity contribution in [2.75, 3.05) is 30.4 Å². The Kier molecular flexibility index (Phi) is 7.40. The second-order valence-corrected chi connectivity index (χ2v) is 7.89. The third-order valence-corrected chi connectivity index (χ3v) is 5.64. The normalized spacial score (nSPS) is 15.0. The second-order valence-electron chi connectivity index (χ2n) is 7.89. The molecule has 0 unspecified atom stereocenters. The van der Waals surface area contributed by atoms with E-state index in [2.05, 4.69) is 84.6 Å². The molecule has 4 nitrogen and oxygen atoms in total. The van der Waals surface area contributed by atoms with Gasteiger partial charge in [-0.15, -0.1) is 0 Å². The zero-order chi connectivity index (χ0) is 20.2. The van der Waals surface area contributed by atoms with Crippen LogP contribution in [0.25, 0.3) is 0 Å². The number of hydrogen-bond donors (Lipinski definition) is 1. The molecule has 1 radical (unpaired) electrons. The van der Waals surface area contributed by atoms with E-state index in [1.807, 2.05) is 12.3 Å². The summed E-state index contributed by atoms with van der Waals surface area (Å²) in [4.78, 5) is 6.35. The molecule has 1 aromatic heterocycles. The van der Waals surface area contributed by atoms with Crippen molar-refractivity contribution in [3.8, 4) is 5.75 Å². The topological polar surface area (TPSA) is 37.4 Å². The maximum absolute atomic E-state index is 6.01. The number of hydrogen-bond acceptors (Lipinski definition) is 4. The number of aromatic nitrogens is 1. The Bertz CT molecular complexity index is 944. The zero-order valence-corrected chi connectivity index (χ0v) is 18.7. The molecule has 4 rings (SSSR count). The van der Waals surface area contributed by atoms with E-state index in [1.165, 1.54) is 16.8 Å². The molecule has 0 bridgehead atoms. The minimum atomic E-state index is 0. The number of benzene rings is 2. The van der Waals surface area contributed by atoms with Crippen LogP contribution in [0.5, 0.6) is 5.75 Å². The van der Waals surface area contributed by atoms with Crippen molar-refractivity contribution in [1.29, 1.82) is 0 Å². The molecule has 0 spiro atoms. The first kappa shape index (κ1) is 22.2. The summed E-state index contributed by atoms with van der Waals surface area (Å²) >= 11 is 0. The maximum atomic E-state index is 6.01. The van der Waals surface area contributed by atoms with Crippen LogP contribution in [0.1, 0.15) is 43.2 Å². The van der Waals surface area contributed by atoms with Gasteiger partial charge in [-0.25, -0.2) is 0 Å². The van der Waals surface area contributed by atoms with Gasteiger partial charge in [-0.3, -0.25) is 0 Å². The van der Waals surface area contributed by atoms with Crippen LogP contribution in [-0.2, 0) is 16.8 Å². The molecule has 159 valence electrons. The number of ether oxygens (including phenoxy) is 1. The van der Waals surface area contributed by atoms with E-state index in [9.17, 15) is 0 Å². The Morgan fingerprint density at radius 3 is 2.63 bits per heavy atom. The molecule has 2 aromatic carbocycles. The molecule has 3 aromatic rings. The third-order valence-electron chi connectivity index (χ3n) is 5.64. The molecule has 0 amide bonds. The van der Waals surface area contributed by atoms with Crippen LogP contribution in [-0.4, -0.2) is 25.2 Å². The van der Waals surface area contributed by atoms with Gasteiger partial charge < -0.3 is 19.9 Å². The average molecular weight is 445 g/mol. The van der Waals surface area contributed by atoms with Gasteiger partial charge in [0, 0.05) is 53.7 Å². The van der Waals surface area contributed by atoms with Crippen molar-refractivity contribution in [2.24, 2.45) is 0 Å². The summed E-state index contributed by atoms with van der Waals surface area (Å²) in [5, 5.41) is 3.45. The molecule has 1 aliphatic rings. The summed E-state index contributed by atoms with van der Waals surface area (Å²) in [5.74, 6) is 1.94. The number of nitrogens with zero attached hydrogens (tertiary/aromatic N) is 2. The number of nitrogens with one attached hydrogen (secondary N) is 1. The molecule has 2 heterocycles. The number of fused-ring (bicyclic) bond motifs is 1. The number of pyridine rings is 1. The molecule has 30 heavy (non-hydrogen) atoms. The monoisotopic (exact) mass is 445 g/mol. The summed E-state index contributed by atoms with van der Waals surface area (Å²) < 4.78 is 6.01. The minimum absolute atomic E-state index is 0. The van der Waals surface area contributed by atoms with Gasteiger partial charge in [0.15, 0.2) is 0 Å². The standard InChI is InChI=1S/C25H28N3O.Co/c1-18(2)19-6-8-22(9-7-19)28(3)23-10-11-24-20(12-14-29-25(24)15-23)16-27-21-5-4-13-26-17-21;/h4,6-11,13,15,17-18,20,27H,12,14,16H2,1-3H3;/q-1;/t20-;/m0./s1. The molecule has 0 fully saturated rings. The van der Waals surface area contributed by atoms with Gasteiger partial charge >= 0.3 is 0 Å². The van der Waals surface area contributed by atoms with Gasteiger partial charge in [-0.2, -0.15) is 12.1 Å². The van der Waals surface area contributed by atoms with Crippen LogP contribution in [0.2, 0.25) is 0 Å². The van der Waals surface area contributed by atoms with Gasteiger partial charge in [-0.05, 0) is 41.7 Å². The fourth-order valence-corrected chi connectivity index (χ4v) is 3.76. The first-order valence-corrected chi connectivity index (χ1v) is 10.3. The summed E-state index contributed by atoms with van der Waals surface area (Å²) in [5.41, 5.74) is 5.87. The molecule has 0 saturated heterocycles. The quantitative estimate of drug-likeness (QED) is 0.491. The smallest absolute Gasteiger partial charge is 0.124 e. The van der Waals surface area contributed by atoms with Gasteiger partial charge in [-0.1, -0.05) is 50.1 Å². The van der Waals surface area contributed by atoms with Crippen LogP contribution in [0.15, 0.2) is 60.9 Å².